The van der Waals surface area contributed by atoms with Crippen LogP contribution in [0.25, 0.3) is 0 Å². The van der Waals surface area contributed by atoms with Gasteiger partial charge in [0.05, 0.1) is 5.69 Å². The van der Waals surface area contributed by atoms with Crippen LogP contribution in [0, 0.1) is 12.8 Å². The van der Waals surface area contributed by atoms with Crippen LogP contribution in [0.3, 0.4) is 0 Å². The molecule has 0 radical (unpaired) electrons. The molecule has 0 atom stereocenters. The van der Waals surface area contributed by atoms with Gasteiger partial charge in [-0.1, -0.05) is 42.5 Å². The van der Waals surface area contributed by atoms with Gasteiger partial charge in [-0.3, -0.25) is 0 Å². The fourth-order valence-electron chi connectivity index (χ4n) is 5.01. The molecule has 1 saturated carbocycles. The lowest BCUT2D eigenvalue weighted by Gasteiger charge is -2.29. The minimum atomic E-state index is -5.71. The maximum absolute atomic E-state index is 13.1. The Morgan fingerprint density at radius 2 is 1.56 bits per heavy atom. The number of esters is 1. The predicted octanol–water partition coefficient (Wildman–Crippen LogP) is 7.06. The van der Waals surface area contributed by atoms with Gasteiger partial charge in [-0.05, 0) is 88.5 Å². The Balaban J connectivity index is 1.42. The van der Waals surface area contributed by atoms with E-state index in [1.165, 1.54) is 12.1 Å². The summed E-state index contributed by atoms with van der Waals surface area (Å²) in [5.74, 6) is 0.277. The highest BCUT2D eigenvalue weighted by Gasteiger charge is 2.48. The molecule has 4 rings (SSSR count). The first-order valence-corrected chi connectivity index (χ1v) is 15.4. The van der Waals surface area contributed by atoms with Gasteiger partial charge in [-0.2, -0.15) is 21.6 Å². The van der Waals surface area contributed by atoms with Gasteiger partial charge in [-0.15, -0.1) is 0 Å². The molecule has 0 aliphatic heterocycles. The van der Waals surface area contributed by atoms with Gasteiger partial charge in [0.25, 0.3) is 0 Å². The van der Waals surface area contributed by atoms with Crippen LogP contribution in [-0.2, 0) is 27.9 Å². The highest BCUT2D eigenvalue weighted by atomic mass is 32.2. The van der Waals surface area contributed by atoms with E-state index in [9.17, 15) is 26.4 Å². The first-order valence-electron chi connectivity index (χ1n) is 14.0. The Morgan fingerprint density at radius 1 is 0.930 bits per heavy atom. The third-order valence-corrected chi connectivity index (χ3v) is 8.04. The average Bonchev–Trinajstić information content (AvgIpc) is 2.92. The fraction of sp³-hybridized carbons (Fsp3) is 0.452. The molecule has 1 aliphatic carbocycles. The van der Waals surface area contributed by atoms with Crippen molar-refractivity contribution in [3.63, 3.8) is 0 Å². The zero-order valence-electron chi connectivity index (χ0n) is 24.5. The molecule has 0 N–H and O–H groups in total. The normalized spacial score (nSPS) is 17.7. The molecular formula is C31H35F3N2O6S. The Morgan fingerprint density at radius 3 is 2.14 bits per heavy atom. The number of nitrogens with zero attached hydrogens (tertiary/aromatic N) is 2. The molecule has 232 valence electrons. The number of hydrogen-bond acceptors (Lipinski definition) is 8. The molecule has 0 unspecified atom stereocenters. The summed E-state index contributed by atoms with van der Waals surface area (Å²) in [5, 5.41) is 0. The van der Waals surface area contributed by atoms with E-state index in [0.717, 1.165) is 36.8 Å². The first-order chi connectivity index (χ1) is 20.1. The number of aryl methyl sites for hydroxylation is 1. The molecular weight excluding hydrogens is 585 g/mol. The Labute approximate surface area is 249 Å². The molecule has 2 aromatic carbocycles. The molecule has 0 bridgehead atoms. The maximum atomic E-state index is 13.1. The van der Waals surface area contributed by atoms with Gasteiger partial charge in [0.2, 0.25) is 0 Å². The summed E-state index contributed by atoms with van der Waals surface area (Å²) in [7, 11) is -5.71. The summed E-state index contributed by atoms with van der Waals surface area (Å²) >= 11 is 0. The lowest BCUT2D eigenvalue weighted by molar-refractivity contribution is -0.0500. The number of hydrogen-bond donors (Lipinski definition) is 0. The van der Waals surface area contributed by atoms with Crippen molar-refractivity contribution in [1.82, 2.24) is 9.97 Å². The lowest BCUT2D eigenvalue weighted by atomic mass is 9.77. The second kappa shape index (κ2) is 12.9. The quantitative estimate of drug-likeness (QED) is 0.142. The van der Waals surface area contributed by atoms with E-state index < -0.39 is 27.2 Å². The predicted molar refractivity (Wildman–Crippen MR) is 153 cm³/mol. The molecule has 8 nitrogen and oxygen atoms in total. The lowest BCUT2D eigenvalue weighted by Crippen LogP contribution is -2.28. The van der Waals surface area contributed by atoms with Gasteiger partial charge in [0.15, 0.2) is 11.4 Å². The second-order valence-electron chi connectivity index (χ2n) is 11.7. The highest BCUT2D eigenvalue weighted by molar-refractivity contribution is 7.88. The smallest absolute Gasteiger partial charge is 0.484 e. The number of aromatic nitrogens is 2. The molecule has 3 aromatic rings. The number of benzene rings is 2. The number of ether oxygens (including phenoxy) is 2. The second-order valence-corrected chi connectivity index (χ2v) is 13.2. The SMILES string of the molecule is Cc1nc(CC2CCC(c3ccc(OS(=O)(=O)C(F)(F)F)cc3)CC2)nc(C(=O)OC(C)(C)C)c1OCc1ccccc1. The zero-order chi connectivity index (χ0) is 31.4. The van der Waals surface area contributed by atoms with Crippen molar-refractivity contribution in [2.24, 2.45) is 5.92 Å². The largest absolute Gasteiger partial charge is 0.534 e. The van der Waals surface area contributed by atoms with E-state index >= 15 is 0 Å². The van der Waals surface area contributed by atoms with E-state index in [1.54, 1.807) is 39.8 Å². The number of halogens is 3. The molecule has 1 fully saturated rings. The van der Waals surface area contributed by atoms with Crippen LogP contribution >= 0.6 is 0 Å². The van der Waals surface area contributed by atoms with Crippen LogP contribution in [-0.4, -0.2) is 35.5 Å². The van der Waals surface area contributed by atoms with Crippen molar-refractivity contribution in [3.05, 3.63) is 82.9 Å². The molecule has 0 spiro atoms. The van der Waals surface area contributed by atoms with E-state index in [2.05, 4.69) is 14.2 Å². The van der Waals surface area contributed by atoms with Crippen LogP contribution < -0.4 is 8.92 Å². The van der Waals surface area contributed by atoms with Gasteiger partial charge in [0, 0.05) is 6.42 Å². The maximum Gasteiger partial charge on any atom is 0.534 e. The van der Waals surface area contributed by atoms with Crippen molar-refractivity contribution in [1.29, 1.82) is 0 Å². The summed E-state index contributed by atoms with van der Waals surface area (Å²) in [4.78, 5) is 22.4. The van der Waals surface area contributed by atoms with E-state index in [1.807, 2.05) is 30.3 Å². The minimum Gasteiger partial charge on any atom is -0.484 e. The summed E-state index contributed by atoms with van der Waals surface area (Å²) in [5.41, 5.74) is -3.74. The van der Waals surface area contributed by atoms with E-state index in [4.69, 9.17) is 9.47 Å². The molecule has 12 heteroatoms. The van der Waals surface area contributed by atoms with E-state index in [-0.39, 0.29) is 29.9 Å². The molecule has 0 amide bonds. The van der Waals surface area contributed by atoms with Crippen LogP contribution in [0.2, 0.25) is 0 Å². The van der Waals surface area contributed by atoms with Crippen LogP contribution in [0.5, 0.6) is 11.5 Å². The standard InChI is InChI=1S/C31H35F3N2O6S/c1-20-28(40-19-22-8-6-5-7-9-22)27(29(37)41-30(2,3)4)36-26(35-20)18-21-10-12-23(13-11-21)24-14-16-25(17-15-24)42-43(38,39)31(32,33)34/h5-9,14-17,21,23H,10-13,18-19H2,1-4H3. The number of carbonyl (C=O) groups is 1. The Hall–Kier alpha value is -3.67. The van der Waals surface area contributed by atoms with Gasteiger partial charge >= 0.3 is 21.6 Å². The van der Waals surface area contributed by atoms with Crippen molar-refractivity contribution < 1.29 is 40.0 Å². The Kier molecular flexibility index (Phi) is 9.68. The van der Waals surface area contributed by atoms with Gasteiger partial charge in [-0.25, -0.2) is 14.8 Å². The molecule has 0 saturated heterocycles. The highest BCUT2D eigenvalue weighted by Crippen LogP contribution is 2.38. The number of rotatable bonds is 9. The summed E-state index contributed by atoms with van der Waals surface area (Å²) in [6.45, 7) is 7.38. The van der Waals surface area contributed by atoms with Crippen molar-refractivity contribution in [3.8, 4) is 11.5 Å². The third-order valence-electron chi connectivity index (χ3n) is 7.06. The monoisotopic (exact) mass is 620 g/mol. The molecule has 1 aliphatic rings. The third kappa shape index (κ3) is 8.68. The van der Waals surface area contributed by atoms with Crippen molar-refractivity contribution in [2.75, 3.05) is 0 Å². The summed E-state index contributed by atoms with van der Waals surface area (Å²) in [6, 6.07) is 15.2. The minimum absolute atomic E-state index is 0.0943. The molecule has 1 aromatic heterocycles. The molecule has 43 heavy (non-hydrogen) atoms. The summed E-state index contributed by atoms with van der Waals surface area (Å²) in [6.07, 6.45) is 3.90. The van der Waals surface area contributed by atoms with Crippen molar-refractivity contribution >= 4 is 16.1 Å². The summed E-state index contributed by atoms with van der Waals surface area (Å²) < 4.78 is 76.1. The first kappa shape index (κ1) is 32.2. The van der Waals surface area contributed by atoms with Gasteiger partial charge in [0.1, 0.15) is 23.8 Å². The number of alkyl halides is 3. The average molecular weight is 621 g/mol. The topological polar surface area (TPSA) is 105 Å². The van der Waals surface area contributed by atoms with Crippen molar-refractivity contribution in [2.45, 2.75) is 83.4 Å². The van der Waals surface area contributed by atoms with Crippen LogP contribution in [0.15, 0.2) is 54.6 Å². The van der Waals surface area contributed by atoms with Gasteiger partial charge < -0.3 is 13.7 Å². The zero-order valence-corrected chi connectivity index (χ0v) is 25.3. The van der Waals surface area contributed by atoms with E-state index in [0.29, 0.717) is 23.7 Å². The van der Waals surface area contributed by atoms with Crippen LogP contribution in [0.4, 0.5) is 13.2 Å². The van der Waals surface area contributed by atoms with Crippen LogP contribution in [0.1, 0.15) is 85.5 Å². The number of carbonyl (C=O) groups excluding carboxylic acids is 1. The Bertz CT molecular complexity index is 1510. The fourth-order valence-corrected chi connectivity index (χ4v) is 5.47. The molecule has 1 heterocycles.